The van der Waals surface area contributed by atoms with Gasteiger partial charge in [-0.05, 0) is 18.2 Å². The van der Waals surface area contributed by atoms with Gasteiger partial charge in [-0.25, -0.2) is 9.78 Å². The summed E-state index contributed by atoms with van der Waals surface area (Å²) in [7, 11) is 0. The summed E-state index contributed by atoms with van der Waals surface area (Å²) in [6, 6.07) is 5.36. The van der Waals surface area contributed by atoms with Gasteiger partial charge in [0.25, 0.3) is 0 Å². The molecule has 0 aliphatic rings. The number of benzene rings is 1. The van der Waals surface area contributed by atoms with Crippen LogP contribution in [0, 0.1) is 0 Å². The van der Waals surface area contributed by atoms with Gasteiger partial charge in [-0.1, -0.05) is 46.4 Å². The van der Waals surface area contributed by atoms with Crippen molar-refractivity contribution in [2.24, 2.45) is 0 Å². The molecule has 2 rings (SSSR count). The van der Waals surface area contributed by atoms with Crippen molar-refractivity contribution in [1.29, 1.82) is 0 Å². The minimum atomic E-state index is -1.21. The lowest BCUT2D eigenvalue weighted by Gasteiger charge is -2.10. The van der Waals surface area contributed by atoms with E-state index in [1.165, 1.54) is 24.3 Å². The summed E-state index contributed by atoms with van der Waals surface area (Å²) in [6.07, 6.45) is 0. The number of carboxylic acids is 1. The number of rotatable bonds is 3. The average Bonchev–Trinajstić information content (AvgIpc) is 2.35. The summed E-state index contributed by atoms with van der Waals surface area (Å²) in [4.78, 5) is 14.9. The maximum Gasteiger partial charge on any atom is 0.341 e. The van der Waals surface area contributed by atoms with Crippen molar-refractivity contribution in [2.75, 3.05) is 0 Å². The van der Waals surface area contributed by atoms with E-state index in [-0.39, 0.29) is 37.4 Å². The van der Waals surface area contributed by atoms with Crippen LogP contribution in [0.2, 0.25) is 20.2 Å². The molecule has 0 atom stereocenters. The van der Waals surface area contributed by atoms with Crippen LogP contribution >= 0.6 is 46.4 Å². The number of aromatic nitrogens is 1. The van der Waals surface area contributed by atoms with Crippen molar-refractivity contribution in [3.05, 3.63) is 50.0 Å². The first-order chi connectivity index (χ1) is 9.38. The number of ether oxygens (including phenoxy) is 1. The van der Waals surface area contributed by atoms with Crippen LogP contribution in [0.5, 0.6) is 11.6 Å². The Morgan fingerprint density at radius 3 is 2.35 bits per heavy atom. The van der Waals surface area contributed by atoms with Gasteiger partial charge in [-0.3, -0.25) is 0 Å². The van der Waals surface area contributed by atoms with Crippen molar-refractivity contribution < 1.29 is 14.6 Å². The van der Waals surface area contributed by atoms with Crippen molar-refractivity contribution in [1.82, 2.24) is 4.98 Å². The van der Waals surface area contributed by atoms with Crippen molar-refractivity contribution in [3.63, 3.8) is 0 Å². The Morgan fingerprint density at radius 1 is 1.05 bits per heavy atom. The molecule has 1 heterocycles. The molecule has 0 aliphatic carbocycles. The lowest BCUT2D eigenvalue weighted by atomic mass is 10.3. The molecule has 0 unspecified atom stereocenters. The first-order valence-electron chi connectivity index (χ1n) is 5.10. The summed E-state index contributed by atoms with van der Waals surface area (Å²) in [6.45, 7) is 0. The molecular formula is C12H5Cl4NO3. The van der Waals surface area contributed by atoms with Gasteiger partial charge in [0.1, 0.15) is 16.5 Å². The first-order valence-corrected chi connectivity index (χ1v) is 6.62. The minimum Gasteiger partial charge on any atom is -0.477 e. The van der Waals surface area contributed by atoms with E-state index in [1.54, 1.807) is 0 Å². The van der Waals surface area contributed by atoms with Crippen LogP contribution in [0.4, 0.5) is 0 Å². The van der Waals surface area contributed by atoms with Crippen molar-refractivity contribution in [3.8, 4) is 11.6 Å². The quantitative estimate of drug-likeness (QED) is 0.610. The number of carboxylic acid groups (broad SMARTS) is 1. The Morgan fingerprint density at radius 2 is 1.70 bits per heavy atom. The van der Waals surface area contributed by atoms with Crippen LogP contribution in [0.25, 0.3) is 0 Å². The van der Waals surface area contributed by atoms with E-state index in [4.69, 9.17) is 56.2 Å². The van der Waals surface area contributed by atoms with Gasteiger partial charge < -0.3 is 9.84 Å². The Bertz CT molecular complexity index is 691. The van der Waals surface area contributed by atoms with E-state index in [0.29, 0.717) is 0 Å². The fourth-order valence-corrected chi connectivity index (χ4v) is 2.06. The van der Waals surface area contributed by atoms with E-state index in [9.17, 15) is 4.79 Å². The first kappa shape index (κ1) is 15.2. The summed E-state index contributed by atoms with van der Waals surface area (Å²) in [5.41, 5.74) is -0.156. The maximum absolute atomic E-state index is 11.1. The number of hydrogen-bond acceptors (Lipinski definition) is 3. The van der Waals surface area contributed by atoms with Gasteiger partial charge >= 0.3 is 5.97 Å². The largest absolute Gasteiger partial charge is 0.477 e. The van der Waals surface area contributed by atoms with Crippen molar-refractivity contribution >= 4 is 52.4 Å². The highest BCUT2D eigenvalue weighted by Crippen LogP contribution is 2.36. The monoisotopic (exact) mass is 351 g/mol. The third-order valence-corrected chi connectivity index (χ3v) is 3.47. The normalized spacial score (nSPS) is 10.4. The smallest absolute Gasteiger partial charge is 0.341 e. The van der Waals surface area contributed by atoms with Crippen LogP contribution in [-0.2, 0) is 0 Å². The number of pyridine rings is 1. The Kier molecular flexibility index (Phi) is 4.60. The Balaban J connectivity index is 2.47. The third-order valence-electron chi connectivity index (χ3n) is 2.24. The van der Waals surface area contributed by atoms with Crippen LogP contribution in [-0.4, -0.2) is 16.1 Å². The fraction of sp³-hybridized carbons (Fsp3) is 0. The van der Waals surface area contributed by atoms with E-state index in [0.717, 1.165) is 0 Å². The van der Waals surface area contributed by atoms with Gasteiger partial charge in [0.15, 0.2) is 0 Å². The van der Waals surface area contributed by atoms with Crippen LogP contribution in [0.15, 0.2) is 24.3 Å². The van der Waals surface area contributed by atoms with Crippen LogP contribution in [0.3, 0.4) is 0 Å². The number of halogens is 4. The molecule has 4 nitrogen and oxygen atoms in total. The van der Waals surface area contributed by atoms with Gasteiger partial charge in [0.2, 0.25) is 5.88 Å². The minimum absolute atomic E-state index is 0.0844. The zero-order valence-corrected chi connectivity index (χ0v) is 12.6. The van der Waals surface area contributed by atoms with Crippen LogP contribution in [0.1, 0.15) is 10.4 Å². The predicted molar refractivity (Wildman–Crippen MR) is 77.8 cm³/mol. The average molecular weight is 353 g/mol. The third kappa shape index (κ3) is 3.27. The molecule has 0 saturated heterocycles. The number of nitrogens with zero attached hydrogens (tertiary/aromatic N) is 1. The second kappa shape index (κ2) is 6.06. The Hall–Kier alpha value is -1.20. The SMILES string of the molecule is O=C(O)c1ccc(Cl)nc1Oc1cc(Cl)c(Cl)cc1Cl. The van der Waals surface area contributed by atoms with E-state index < -0.39 is 5.97 Å². The molecule has 1 aromatic carbocycles. The molecule has 1 aromatic heterocycles. The molecule has 20 heavy (non-hydrogen) atoms. The van der Waals surface area contributed by atoms with E-state index in [1.807, 2.05) is 0 Å². The molecule has 0 bridgehead atoms. The molecule has 8 heteroatoms. The highest BCUT2D eigenvalue weighted by molar-refractivity contribution is 6.43. The molecule has 0 radical (unpaired) electrons. The van der Waals surface area contributed by atoms with E-state index in [2.05, 4.69) is 4.98 Å². The molecule has 104 valence electrons. The second-order valence-electron chi connectivity index (χ2n) is 3.59. The Labute approximate surface area is 133 Å². The summed E-state index contributed by atoms with van der Waals surface area (Å²) < 4.78 is 5.37. The molecule has 0 fully saturated rings. The van der Waals surface area contributed by atoms with Crippen LogP contribution < -0.4 is 4.74 Å². The summed E-state index contributed by atoms with van der Waals surface area (Å²) in [5, 5.41) is 9.77. The topological polar surface area (TPSA) is 59.4 Å². The number of carbonyl (C=O) groups is 1. The van der Waals surface area contributed by atoms with Gasteiger partial charge in [0.05, 0.1) is 15.1 Å². The zero-order valence-electron chi connectivity index (χ0n) is 9.53. The molecule has 0 amide bonds. The second-order valence-corrected chi connectivity index (χ2v) is 5.20. The van der Waals surface area contributed by atoms with Crippen molar-refractivity contribution in [2.45, 2.75) is 0 Å². The lowest BCUT2D eigenvalue weighted by Crippen LogP contribution is -2.02. The summed E-state index contributed by atoms with van der Waals surface area (Å²) in [5.74, 6) is -1.27. The highest BCUT2D eigenvalue weighted by atomic mass is 35.5. The molecule has 0 aliphatic heterocycles. The maximum atomic E-state index is 11.1. The van der Waals surface area contributed by atoms with Gasteiger partial charge in [-0.15, -0.1) is 0 Å². The van der Waals surface area contributed by atoms with Gasteiger partial charge in [0, 0.05) is 6.07 Å². The van der Waals surface area contributed by atoms with E-state index >= 15 is 0 Å². The predicted octanol–water partition coefficient (Wildman–Crippen LogP) is 5.19. The summed E-state index contributed by atoms with van der Waals surface area (Å²) >= 11 is 23.3. The van der Waals surface area contributed by atoms with Gasteiger partial charge in [-0.2, -0.15) is 0 Å². The molecule has 0 saturated carbocycles. The number of hydrogen-bond donors (Lipinski definition) is 1. The molecule has 1 N–H and O–H groups in total. The molecule has 2 aromatic rings. The lowest BCUT2D eigenvalue weighted by molar-refractivity contribution is 0.0693. The standard InChI is InChI=1S/C12H5Cl4NO3/c13-6-3-8(15)9(4-7(6)14)20-11-5(12(18)19)1-2-10(16)17-11/h1-4H,(H,18,19). The molecule has 0 spiro atoms. The molecular weight excluding hydrogens is 348 g/mol. The fourth-order valence-electron chi connectivity index (χ4n) is 1.35. The highest BCUT2D eigenvalue weighted by Gasteiger charge is 2.16. The number of aromatic carboxylic acids is 1. The zero-order chi connectivity index (χ0) is 14.9.